The van der Waals surface area contributed by atoms with Crippen molar-refractivity contribution >= 4 is 28.5 Å². The average molecular weight is 479 g/mol. The van der Waals surface area contributed by atoms with Crippen LogP contribution in [0.15, 0.2) is 30.6 Å². The highest BCUT2D eigenvalue weighted by atomic mass is 16.3. The number of nitrogen functional groups attached to an aromatic ring is 1. The Morgan fingerprint density at radius 2 is 1.86 bits per heavy atom. The number of aromatic nitrogens is 4. The van der Waals surface area contributed by atoms with Gasteiger partial charge in [-0.1, -0.05) is 26.7 Å². The number of piperazine rings is 1. The van der Waals surface area contributed by atoms with Crippen molar-refractivity contribution < 1.29 is 5.11 Å². The molecule has 0 spiro atoms. The van der Waals surface area contributed by atoms with Crippen LogP contribution in [0, 0.1) is 0 Å². The first-order chi connectivity index (χ1) is 16.9. The molecule has 1 aliphatic heterocycles. The molecule has 1 atom stereocenters. The fourth-order valence-corrected chi connectivity index (χ4v) is 4.57. The van der Waals surface area contributed by atoms with Crippen LogP contribution in [0.2, 0.25) is 0 Å². The molecular formula is C26H38N8O. The summed E-state index contributed by atoms with van der Waals surface area (Å²) in [4.78, 5) is 23.1. The molecule has 9 heteroatoms. The van der Waals surface area contributed by atoms with E-state index in [0.29, 0.717) is 11.3 Å². The number of nitrogens with zero attached hydrogens (tertiary/aromatic N) is 6. The van der Waals surface area contributed by atoms with E-state index in [1.165, 1.54) is 6.42 Å². The first-order valence-electron chi connectivity index (χ1n) is 12.7. The molecular weight excluding hydrogens is 440 g/mol. The summed E-state index contributed by atoms with van der Waals surface area (Å²) in [6, 6.07) is 6.05. The SMILES string of the molecule is CCCC[C@](C)(CO)Nc1nc(N)nc2cc(-c3ccc(N4CCN(CCC)CC4)nc3)ncc12. The molecule has 188 valence electrons. The van der Waals surface area contributed by atoms with E-state index in [-0.39, 0.29) is 12.6 Å². The number of fused-ring (bicyclic) bond motifs is 1. The molecule has 4 heterocycles. The third-order valence-electron chi connectivity index (χ3n) is 6.73. The van der Waals surface area contributed by atoms with Gasteiger partial charge in [-0.15, -0.1) is 0 Å². The second kappa shape index (κ2) is 11.1. The fraction of sp³-hybridized carbons (Fsp3) is 0.538. The number of rotatable bonds is 10. The Balaban J connectivity index is 1.54. The van der Waals surface area contributed by atoms with Crippen LogP contribution < -0.4 is 16.0 Å². The minimum absolute atomic E-state index is 0.00438. The molecule has 0 aromatic carbocycles. The van der Waals surface area contributed by atoms with Crippen LogP contribution in [0.25, 0.3) is 22.2 Å². The minimum atomic E-state index is -0.496. The molecule has 35 heavy (non-hydrogen) atoms. The van der Waals surface area contributed by atoms with Crippen molar-refractivity contribution in [3.05, 3.63) is 30.6 Å². The summed E-state index contributed by atoms with van der Waals surface area (Å²) in [6.45, 7) is 11.7. The first-order valence-corrected chi connectivity index (χ1v) is 12.7. The van der Waals surface area contributed by atoms with Crippen molar-refractivity contribution in [3.8, 4) is 11.3 Å². The van der Waals surface area contributed by atoms with E-state index in [1.54, 1.807) is 6.20 Å². The van der Waals surface area contributed by atoms with Crippen LogP contribution in [-0.2, 0) is 0 Å². The molecule has 0 bridgehead atoms. The zero-order chi connectivity index (χ0) is 24.8. The first kappa shape index (κ1) is 25.1. The predicted molar refractivity (Wildman–Crippen MR) is 143 cm³/mol. The molecule has 1 aliphatic rings. The van der Waals surface area contributed by atoms with Crippen molar-refractivity contribution in [1.82, 2.24) is 24.8 Å². The van der Waals surface area contributed by atoms with Gasteiger partial charge in [-0.2, -0.15) is 4.98 Å². The maximum absolute atomic E-state index is 10.00. The maximum Gasteiger partial charge on any atom is 0.222 e. The smallest absolute Gasteiger partial charge is 0.222 e. The third kappa shape index (κ3) is 5.97. The quantitative estimate of drug-likeness (QED) is 0.402. The number of nitrogens with one attached hydrogen (secondary N) is 1. The van der Waals surface area contributed by atoms with Gasteiger partial charge in [-0.25, -0.2) is 9.97 Å². The molecule has 3 aromatic heterocycles. The number of aliphatic hydroxyl groups excluding tert-OH is 1. The zero-order valence-electron chi connectivity index (χ0n) is 21.2. The Kier molecular flexibility index (Phi) is 7.97. The molecule has 4 N–H and O–H groups in total. The highest BCUT2D eigenvalue weighted by molar-refractivity contribution is 5.91. The van der Waals surface area contributed by atoms with Crippen LogP contribution in [0.1, 0.15) is 46.5 Å². The number of unbranched alkanes of at least 4 members (excludes halogenated alkanes) is 1. The summed E-state index contributed by atoms with van der Waals surface area (Å²) in [5, 5.41) is 14.2. The van der Waals surface area contributed by atoms with Gasteiger partial charge in [0.15, 0.2) is 0 Å². The van der Waals surface area contributed by atoms with Crippen molar-refractivity contribution in [3.63, 3.8) is 0 Å². The minimum Gasteiger partial charge on any atom is -0.394 e. The van der Waals surface area contributed by atoms with Crippen LogP contribution in [0.5, 0.6) is 0 Å². The van der Waals surface area contributed by atoms with Crippen molar-refractivity contribution in [2.75, 3.05) is 55.3 Å². The van der Waals surface area contributed by atoms with Gasteiger partial charge >= 0.3 is 0 Å². The molecule has 1 saturated heterocycles. The Morgan fingerprint density at radius 3 is 2.51 bits per heavy atom. The van der Waals surface area contributed by atoms with Gasteiger partial charge in [0.2, 0.25) is 5.95 Å². The van der Waals surface area contributed by atoms with E-state index < -0.39 is 5.54 Å². The lowest BCUT2D eigenvalue weighted by Gasteiger charge is -2.35. The highest BCUT2D eigenvalue weighted by Crippen LogP contribution is 2.29. The van der Waals surface area contributed by atoms with E-state index >= 15 is 0 Å². The summed E-state index contributed by atoms with van der Waals surface area (Å²) in [7, 11) is 0. The summed E-state index contributed by atoms with van der Waals surface area (Å²) in [6.07, 6.45) is 7.71. The van der Waals surface area contributed by atoms with Crippen molar-refractivity contribution in [2.24, 2.45) is 0 Å². The summed E-state index contributed by atoms with van der Waals surface area (Å²) >= 11 is 0. The largest absolute Gasteiger partial charge is 0.394 e. The summed E-state index contributed by atoms with van der Waals surface area (Å²) < 4.78 is 0. The van der Waals surface area contributed by atoms with Gasteiger partial charge in [0, 0.05) is 44.1 Å². The Bertz CT molecular complexity index is 1110. The van der Waals surface area contributed by atoms with E-state index in [9.17, 15) is 5.11 Å². The van der Waals surface area contributed by atoms with Gasteiger partial charge in [0.25, 0.3) is 0 Å². The molecule has 0 saturated carbocycles. The Labute approximate surface area is 207 Å². The average Bonchev–Trinajstić information content (AvgIpc) is 2.88. The number of hydrogen-bond acceptors (Lipinski definition) is 9. The van der Waals surface area contributed by atoms with Crippen LogP contribution in [0.3, 0.4) is 0 Å². The topological polar surface area (TPSA) is 116 Å². The molecule has 9 nitrogen and oxygen atoms in total. The normalized spacial score (nSPS) is 16.4. The zero-order valence-corrected chi connectivity index (χ0v) is 21.2. The maximum atomic E-state index is 10.00. The van der Waals surface area contributed by atoms with E-state index in [2.05, 4.69) is 56.0 Å². The molecule has 0 aliphatic carbocycles. The molecule has 0 amide bonds. The van der Waals surface area contributed by atoms with Gasteiger partial charge < -0.3 is 21.1 Å². The number of pyridine rings is 2. The van der Waals surface area contributed by atoms with Crippen molar-refractivity contribution in [1.29, 1.82) is 0 Å². The number of aliphatic hydroxyl groups is 1. The number of anilines is 3. The van der Waals surface area contributed by atoms with Gasteiger partial charge in [-0.3, -0.25) is 9.88 Å². The van der Waals surface area contributed by atoms with Gasteiger partial charge in [0.1, 0.15) is 11.6 Å². The fourth-order valence-electron chi connectivity index (χ4n) is 4.57. The lowest BCUT2D eigenvalue weighted by atomic mass is 9.95. The lowest BCUT2D eigenvalue weighted by molar-refractivity contribution is 0.212. The van der Waals surface area contributed by atoms with Crippen LogP contribution in [0.4, 0.5) is 17.6 Å². The highest BCUT2D eigenvalue weighted by Gasteiger charge is 2.24. The van der Waals surface area contributed by atoms with E-state index in [4.69, 9.17) is 10.7 Å². The third-order valence-corrected chi connectivity index (χ3v) is 6.73. The molecule has 4 rings (SSSR count). The van der Waals surface area contributed by atoms with Crippen molar-refractivity contribution in [2.45, 2.75) is 52.0 Å². The molecule has 0 radical (unpaired) electrons. The second-order valence-electron chi connectivity index (χ2n) is 9.70. The monoisotopic (exact) mass is 478 g/mol. The lowest BCUT2D eigenvalue weighted by Crippen LogP contribution is -2.46. The molecule has 3 aromatic rings. The van der Waals surface area contributed by atoms with Gasteiger partial charge in [0.05, 0.1) is 28.7 Å². The number of nitrogens with two attached hydrogens (primary N) is 1. The second-order valence-corrected chi connectivity index (χ2v) is 9.70. The Hall–Kier alpha value is -3.04. The Morgan fingerprint density at radius 1 is 1.06 bits per heavy atom. The molecule has 1 fully saturated rings. The van der Waals surface area contributed by atoms with Crippen LogP contribution >= 0.6 is 0 Å². The van der Waals surface area contributed by atoms with Gasteiger partial charge in [-0.05, 0) is 44.5 Å². The van der Waals surface area contributed by atoms with E-state index in [1.807, 2.05) is 19.2 Å². The van der Waals surface area contributed by atoms with E-state index in [0.717, 1.165) is 74.4 Å². The molecule has 0 unspecified atom stereocenters. The van der Waals surface area contributed by atoms with Crippen LogP contribution in [-0.4, -0.2) is 74.8 Å². The summed E-state index contributed by atoms with van der Waals surface area (Å²) in [5.74, 6) is 1.78. The predicted octanol–water partition coefficient (Wildman–Crippen LogP) is 3.55. The number of hydrogen-bond donors (Lipinski definition) is 3. The summed E-state index contributed by atoms with van der Waals surface area (Å²) in [5.41, 5.74) is 7.96. The standard InChI is InChI=1S/C26H38N8O/c1-4-6-9-26(3,18-35)32-24-20-17-28-21(15-22(20)30-25(27)31-24)19-7-8-23(29-16-19)34-13-11-33(10-5-2)12-14-34/h7-8,15-17,35H,4-6,9-14,18H2,1-3H3,(H3,27,30,31,32)/t26-/m1/s1.